The van der Waals surface area contributed by atoms with Crippen LogP contribution in [0.4, 0.5) is 11.4 Å². The molecule has 0 saturated heterocycles. The Bertz CT molecular complexity index is 1020. The van der Waals surface area contributed by atoms with E-state index in [0.717, 1.165) is 22.5 Å². The van der Waals surface area contributed by atoms with Gasteiger partial charge in [-0.2, -0.15) is 5.26 Å². The fraction of sp³-hybridized carbons (Fsp3) is 0.136. The first-order chi connectivity index (χ1) is 13.2. The van der Waals surface area contributed by atoms with Crippen LogP contribution >= 0.6 is 0 Å². The van der Waals surface area contributed by atoms with E-state index >= 15 is 0 Å². The topological polar surface area (TPSA) is 69.0 Å². The van der Waals surface area contributed by atoms with E-state index in [1.54, 1.807) is 17.2 Å². The van der Waals surface area contributed by atoms with Crippen LogP contribution in [0.25, 0.3) is 0 Å². The Balaban J connectivity index is 1.71. The summed E-state index contributed by atoms with van der Waals surface area (Å²) in [5.41, 5.74) is 5.10. The van der Waals surface area contributed by atoms with Crippen molar-refractivity contribution in [2.45, 2.75) is 19.5 Å². The van der Waals surface area contributed by atoms with Gasteiger partial charge in [-0.05, 0) is 48.9 Å². The van der Waals surface area contributed by atoms with Gasteiger partial charge < -0.3 is 5.32 Å². The second-order valence-corrected chi connectivity index (χ2v) is 6.53. The molecular weight excluding hydrogens is 336 g/mol. The number of benzene rings is 2. The van der Waals surface area contributed by atoms with Crippen molar-refractivity contribution in [1.82, 2.24) is 4.98 Å². The highest BCUT2D eigenvalue weighted by molar-refractivity contribution is 6.11. The van der Waals surface area contributed by atoms with E-state index in [9.17, 15) is 4.79 Å². The highest BCUT2D eigenvalue weighted by Gasteiger charge is 2.38. The smallest absolute Gasteiger partial charge is 0.262 e. The number of nitrogens with one attached hydrogen (secondary N) is 1. The summed E-state index contributed by atoms with van der Waals surface area (Å²) >= 11 is 0. The van der Waals surface area contributed by atoms with Gasteiger partial charge in [0.05, 0.1) is 23.7 Å². The van der Waals surface area contributed by atoms with Gasteiger partial charge in [-0.15, -0.1) is 0 Å². The molecule has 5 nitrogen and oxygen atoms in total. The van der Waals surface area contributed by atoms with Gasteiger partial charge in [-0.1, -0.05) is 29.8 Å². The molecular formula is C22H18N4O. The van der Waals surface area contributed by atoms with Crippen molar-refractivity contribution in [3.05, 3.63) is 89.2 Å². The summed E-state index contributed by atoms with van der Waals surface area (Å²) in [6.45, 7) is 2.02. The lowest BCUT2D eigenvalue weighted by Crippen LogP contribution is -2.32. The van der Waals surface area contributed by atoms with Crippen LogP contribution in [0.2, 0.25) is 0 Å². The third-order valence-corrected chi connectivity index (χ3v) is 4.66. The van der Waals surface area contributed by atoms with Crippen LogP contribution in [-0.2, 0) is 6.42 Å². The van der Waals surface area contributed by atoms with Crippen LogP contribution in [0, 0.1) is 18.3 Å². The fourth-order valence-electron chi connectivity index (χ4n) is 3.26. The maximum absolute atomic E-state index is 13.0. The highest BCUT2D eigenvalue weighted by Crippen LogP contribution is 2.36. The van der Waals surface area contributed by atoms with Gasteiger partial charge in [0.15, 0.2) is 6.17 Å². The summed E-state index contributed by atoms with van der Waals surface area (Å²) in [7, 11) is 0. The molecule has 0 unspecified atom stereocenters. The van der Waals surface area contributed by atoms with Crippen LogP contribution in [-0.4, -0.2) is 10.9 Å². The molecule has 0 spiro atoms. The maximum atomic E-state index is 13.0. The predicted octanol–water partition coefficient (Wildman–Crippen LogP) is 4.23. The molecule has 0 aliphatic carbocycles. The molecule has 0 bridgehead atoms. The number of aryl methyl sites for hydroxylation is 1. The monoisotopic (exact) mass is 354 g/mol. The summed E-state index contributed by atoms with van der Waals surface area (Å²) in [6.07, 6.45) is 1.69. The van der Waals surface area contributed by atoms with Crippen LogP contribution in [0.15, 0.2) is 66.9 Å². The van der Waals surface area contributed by atoms with Crippen molar-refractivity contribution < 1.29 is 4.79 Å². The van der Waals surface area contributed by atoms with E-state index in [1.807, 2.05) is 61.5 Å². The molecule has 132 valence electrons. The van der Waals surface area contributed by atoms with E-state index in [1.165, 1.54) is 0 Å². The molecule has 1 aromatic heterocycles. The molecule has 0 saturated carbocycles. The van der Waals surface area contributed by atoms with Crippen LogP contribution in [0.5, 0.6) is 0 Å². The lowest BCUT2D eigenvalue weighted by atomic mass is 10.1. The Kier molecular flexibility index (Phi) is 4.31. The second-order valence-electron chi connectivity index (χ2n) is 6.53. The molecule has 1 N–H and O–H groups in total. The fourth-order valence-corrected chi connectivity index (χ4v) is 3.26. The average Bonchev–Trinajstić information content (AvgIpc) is 2.97. The standard InChI is InChI=1S/C22H18N4O/c1-15-4-10-18(11-5-15)26-21(20-19(22(26)27)3-2-14-24-20)25-17-8-6-16(7-9-17)12-13-23/h2-11,14,21,25H,12H2,1H3/t21-/m1/s1. The minimum absolute atomic E-state index is 0.0689. The summed E-state index contributed by atoms with van der Waals surface area (Å²) in [6, 6.07) is 21.3. The number of nitriles is 1. The van der Waals surface area contributed by atoms with Gasteiger partial charge in [0.25, 0.3) is 5.91 Å². The van der Waals surface area contributed by atoms with Gasteiger partial charge in [-0.25, -0.2) is 0 Å². The minimum Gasteiger partial charge on any atom is -0.360 e. The number of anilines is 2. The molecule has 1 atom stereocenters. The normalized spacial score (nSPS) is 15.3. The number of fused-ring (bicyclic) bond motifs is 1. The van der Waals surface area contributed by atoms with E-state index in [-0.39, 0.29) is 5.91 Å². The summed E-state index contributed by atoms with van der Waals surface area (Å²) < 4.78 is 0. The molecule has 1 aliphatic rings. The van der Waals surface area contributed by atoms with Gasteiger partial charge in [0.1, 0.15) is 0 Å². The number of hydrogen-bond acceptors (Lipinski definition) is 4. The first-order valence-electron chi connectivity index (χ1n) is 8.75. The number of pyridine rings is 1. The largest absolute Gasteiger partial charge is 0.360 e. The molecule has 0 radical (unpaired) electrons. The van der Waals surface area contributed by atoms with Crippen molar-refractivity contribution in [1.29, 1.82) is 5.26 Å². The lowest BCUT2D eigenvalue weighted by molar-refractivity contribution is 0.0993. The minimum atomic E-state index is -0.391. The van der Waals surface area contributed by atoms with Crippen LogP contribution < -0.4 is 10.2 Å². The van der Waals surface area contributed by atoms with Gasteiger partial charge in [0.2, 0.25) is 0 Å². The summed E-state index contributed by atoms with van der Waals surface area (Å²) in [5, 5.41) is 12.2. The highest BCUT2D eigenvalue weighted by atomic mass is 16.2. The molecule has 4 rings (SSSR count). The Labute approximate surface area is 157 Å². The molecule has 0 fully saturated rings. The zero-order valence-electron chi connectivity index (χ0n) is 14.9. The van der Waals surface area contributed by atoms with E-state index < -0.39 is 6.17 Å². The number of amides is 1. The van der Waals surface area contributed by atoms with Crippen LogP contribution in [0.3, 0.4) is 0 Å². The van der Waals surface area contributed by atoms with Crippen molar-refractivity contribution >= 4 is 17.3 Å². The Morgan fingerprint density at radius 3 is 2.56 bits per heavy atom. The third-order valence-electron chi connectivity index (χ3n) is 4.66. The van der Waals surface area contributed by atoms with Crippen molar-refractivity contribution in [2.24, 2.45) is 0 Å². The first-order valence-corrected chi connectivity index (χ1v) is 8.75. The Morgan fingerprint density at radius 2 is 1.85 bits per heavy atom. The van der Waals surface area contributed by atoms with Crippen molar-refractivity contribution in [2.75, 3.05) is 10.2 Å². The van der Waals surface area contributed by atoms with Gasteiger partial charge in [0, 0.05) is 17.6 Å². The Morgan fingerprint density at radius 1 is 1.11 bits per heavy atom. The number of carbonyl (C=O) groups excluding carboxylic acids is 1. The molecule has 1 amide bonds. The number of carbonyl (C=O) groups is 1. The maximum Gasteiger partial charge on any atom is 0.262 e. The van der Waals surface area contributed by atoms with E-state index in [0.29, 0.717) is 17.7 Å². The van der Waals surface area contributed by atoms with Crippen molar-refractivity contribution in [3.8, 4) is 6.07 Å². The van der Waals surface area contributed by atoms with Gasteiger partial charge >= 0.3 is 0 Å². The SMILES string of the molecule is Cc1ccc(N2C(=O)c3cccnc3[C@@H]2Nc2ccc(CC#N)cc2)cc1. The quantitative estimate of drug-likeness (QED) is 0.761. The third kappa shape index (κ3) is 3.13. The second kappa shape index (κ2) is 6.93. The molecule has 1 aliphatic heterocycles. The molecule has 5 heteroatoms. The average molecular weight is 354 g/mol. The first kappa shape index (κ1) is 16.8. The summed E-state index contributed by atoms with van der Waals surface area (Å²) in [5.74, 6) is -0.0689. The van der Waals surface area contributed by atoms with E-state index in [4.69, 9.17) is 5.26 Å². The van der Waals surface area contributed by atoms with E-state index in [2.05, 4.69) is 16.4 Å². The molecule has 2 heterocycles. The molecule has 3 aromatic rings. The number of nitrogens with zero attached hydrogens (tertiary/aromatic N) is 3. The van der Waals surface area contributed by atoms with Crippen LogP contribution in [0.1, 0.15) is 33.3 Å². The van der Waals surface area contributed by atoms with Gasteiger partial charge in [-0.3, -0.25) is 14.7 Å². The number of aromatic nitrogens is 1. The number of hydrogen-bond donors (Lipinski definition) is 1. The molecule has 2 aromatic carbocycles. The van der Waals surface area contributed by atoms with Crippen molar-refractivity contribution in [3.63, 3.8) is 0 Å². The zero-order chi connectivity index (χ0) is 18.8. The summed E-state index contributed by atoms with van der Waals surface area (Å²) in [4.78, 5) is 19.2. The predicted molar refractivity (Wildman–Crippen MR) is 104 cm³/mol. The number of rotatable bonds is 4. The lowest BCUT2D eigenvalue weighted by Gasteiger charge is -2.26. The molecule has 27 heavy (non-hydrogen) atoms. The Hall–Kier alpha value is -3.65. The zero-order valence-corrected chi connectivity index (χ0v) is 14.9.